The molecule has 1 amide bonds. The number of halogens is 1. The van der Waals surface area contributed by atoms with Gasteiger partial charge >= 0.3 is 0 Å². The summed E-state index contributed by atoms with van der Waals surface area (Å²) in [6.07, 6.45) is 5.88. The van der Waals surface area contributed by atoms with Gasteiger partial charge in [-0.1, -0.05) is 6.92 Å². The number of carbonyl (C=O) groups excluding carboxylic acids is 1. The zero-order chi connectivity index (χ0) is 16.9. The fraction of sp³-hybridized carbons (Fsp3) is 0.667. The SMILES string of the molecule is CN=C(NCC(=O)N1CCc2sccc2C1)NC1CCC(C)CC1.I. The number of carbonyl (C=O) groups is 1. The average Bonchev–Trinajstić information content (AvgIpc) is 3.07. The van der Waals surface area contributed by atoms with Gasteiger partial charge in [-0.15, -0.1) is 35.3 Å². The van der Waals surface area contributed by atoms with E-state index < -0.39 is 0 Å². The Kier molecular flexibility index (Phi) is 7.99. The van der Waals surface area contributed by atoms with E-state index in [2.05, 4.69) is 34.0 Å². The smallest absolute Gasteiger partial charge is 0.242 e. The Morgan fingerprint density at radius 3 is 2.84 bits per heavy atom. The van der Waals surface area contributed by atoms with Crippen LogP contribution in [-0.4, -0.2) is 42.9 Å². The summed E-state index contributed by atoms with van der Waals surface area (Å²) in [6, 6.07) is 2.61. The number of nitrogens with zero attached hydrogens (tertiary/aromatic N) is 2. The van der Waals surface area contributed by atoms with Crippen molar-refractivity contribution in [3.63, 3.8) is 0 Å². The summed E-state index contributed by atoms with van der Waals surface area (Å²) >= 11 is 1.80. The van der Waals surface area contributed by atoms with Crippen molar-refractivity contribution in [2.45, 2.75) is 51.6 Å². The monoisotopic (exact) mass is 476 g/mol. The van der Waals surface area contributed by atoms with Crippen molar-refractivity contribution in [1.29, 1.82) is 0 Å². The van der Waals surface area contributed by atoms with Crippen LogP contribution < -0.4 is 10.6 Å². The molecule has 3 rings (SSSR count). The Morgan fingerprint density at radius 2 is 2.12 bits per heavy atom. The predicted octanol–water partition coefficient (Wildman–Crippen LogP) is 2.99. The van der Waals surface area contributed by atoms with Crippen molar-refractivity contribution in [2.75, 3.05) is 20.1 Å². The molecular weight excluding hydrogens is 447 g/mol. The van der Waals surface area contributed by atoms with Gasteiger partial charge in [-0.2, -0.15) is 0 Å². The van der Waals surface area contributed by atoms with Gasteiger partial charge < -0.3 is 15.5 Å². The van der Waals surface area contributed by atoms with Crippen LogP contribution in [0.2, 0.25) is 0 Å². The van der Waals surface area contributed by atoms with Crippen LogP contribution >= 0.6 is 35.3 Å². The zero-order valence-electron chi connectivity index (χ0n) is 15.1. The van der Waals surface area contributed by atoms with Crippen molar-refractivity contribution in [3.05, 3.63) is 21.9 Å². The van der Waals surface area contributed by atoms with Crippen LogP contribution in [0.15, 0.2) is 16.4 Å². The van der Waals surface area contributed by atoms with Gasteiger partial charge in [0.25, 0.3) is 0 Å². The molecule has 5 nitrogen and oxygen atoms in total. The molecule has 0 spiro atoms. The molecule has 0 aromatic carbocycles. The van der Waals surface area contributed by atoms with Crippen molar-refractivity contribution in [2.24, 2.45) is 10.9 Å². The lowest BCUT2D eigenvalue weighted by atomic mass is 9.87. The highest BCUT2D eigenvalue weighted by molar-refractivity contribution is 14.0. The molecule has 7 heteroatoms. The van der Waals surface area contributed by atoms with Crippen molar-refractivity contribution >= 4 is 47.2 Å². The number of hydrogen-bond acceptors (Lipinski definition) is 3. The number of nitrogens with one attached hydrogen (secondary N) is 2. The lowest BCUT2D eigenvalue weighted by molar-refractivity contribution is -0.130. The molecule has 1 aliphatic carbocycles. The highest BCUT2D eigenvalue weighted by Gasteiger charge is 2.22. The largest absolute Gasteiger partial charge is 0.354 e. The summed E-state index contributed by atoms with van der Waals surface area (Å²) in [6.45, 7) is 4.19. The molecule has 25 heavy (non-hydrogen) atoms. The Hall–Kier alpha value is -0.830. The Morgan fingerprint density at radius 1 is 1.36 bits per heavy atom. The van der Waals surface area contributed by atoms with E-state index in [9.17, 15) is 4.79 Å². The van der Waals surface area contributed by atoms with E-state index in [1.54, 1.807) is 18.4 Å². The number of amides is 1. The minimum atomic E-state index is 0. The second kappa shape index (κ2) is 9.75. The predicted molar refractivity (Wildman–Crippen MR) is 115 cm³/mol. The second-order valence-corrected chi connectivity index (χ2v) is 7.96. The molecule has 1 fully saturated rings. The normalized spacial score (nSPS) is 23.4. The minimum Gasteiger partial charge on any atom is -0.354 e. The topological polar surface area (TPSA) is 56.7 Å². The van der Waals surface area contributed by atoms with Crippen molar-refractivity contribution in [3.8, 4) is 0 Å². The summed E-state index contributed by atoms with van der Waals surface area (Å²) in [7, 11) is 1.77. The lowest BCUT2D eigenvalue weighted by Gasteiger charge is -2.29. The molecular formula is C18H29IN4OS. The van der Waals surface area contributed by atoms with Crippen LogP contribution in [0.5, 0.6) is 0 Å². The molecule has 1 saturated carbocycles. The first-order valence-corrected chi connectivity index (χ1v) is 9.84. The molecule has 1 aromatic heterocycles. The van der Waals surface area contributed by atoms with Gasteiger partial charge in [0, 0.05) is 31.1 Å². The maximum atomic E-state index is 12.5. The summed E-state index contributed by atoms with van der Waals surface area (Å²) in [5.74, 6) is 1.73. The third-order valence-corrected chi connectivity index (χ3v) is 6.17. The molecule has 0 unspecified atom stereocenters. The van der Waals surface area contributed by atoms with E-state index in [0.29, 0.717) is 12.6 Å². The summed E-state index contributed by atoms with van der Waals surface area (Å²) in [4.78, 5) is 20.1. The van der Waals surface area contributed by atoms with Crippen LogP contribution in [0.4, 0.5) is 0 Å². The Balaban J connectivity index is 0.00000225. The maximum Gasteiger partial charge on any atom is 0.242 e. The Bertz CT molecular complexity index is 596. The van der Waals surface area contributed by atoms with Gasteiger partial charge in [0.1, 0.15) is 0 Å². The van der Waals surface area contributed by atoms with Crippen LogP contribution in [0, 0.1) is 5.92 Å². The third-order valence-electron chi connectivity index (χ3n) is 5.15. The number of thiophene rings is 1. The summed E-state index contributed by atoms with van der Waals surface area (Å²) in [5, 5.41) is 8.78. The fourth-order valence-electron chi connectivity index (χ4n) is 3.52. The molecule has 0 atom stereocenters. The van der Waals surface area contributed by atoms with Gasteiger partial charge in [-0.25, -0.2) is 0 Å². The standard InChI is InChI=1S/C18H28N4OS.HI/c1-13-3-5-15(6-4-13)21-18(19-2)20-11-17(23)22-9-7-16-14(12-22)8-10-24-16;/h8,10,13,15H,3-7,9,11-12H2,1-2H3,(H2,19,20,21);1H. The van der Waals surface area contributed by atoms with E-state index in [4.69, 9.17) is 0 Å². The highest BCUT2D eigenvalue weighted by Crippen LogP contribution is 2.24. The first-order chi connectivity index (χ1) is 11.7. The van der Waals surface area contributed by atoms with Gasteiger partial charge in [-0.3, -0.25) is 9.79 Å². The zero-order valence-corrected chi connectivity index (χ0v) is 18.2. The first-order valence-electron chi connectivity index (χ1n) is 8.96. The van der Waals surface area contributed by atoms with Crippen LogP contribution in [-0.2, 0) is 17.8 Å². The summed E-state index contributed by atoms with van der Waals surface area (Å²) in [5.41, 5.74) is 1.30. The molecule has 1 aliphatic heterocycles. The molecule has 2 N–H and O–H groups in total. The average molecular weight is 476 g/mol. The van der Waals surface area contributed by atoms with E-state index in [0.717, 1.165) is 31.4 Å². The first kappa shape index (κ1) is 20.5. The number of rotatable bonds is 3. The molecule has 0 saturated heterocycles. The Labute approximate surface area is 171 Å². The molecule has 1 aromatic rings. The van der Waals surface area contributed by atoms with Crippen LogP contribution in [0.3, 0.4) is 0 Å². The number of aliphatic imine (C=N–C) groups is 1. The molecule has 2 aliphatic rings. The molecule has 140 valence electrons. The van der Waals surface area contributed by atoms with Crippen LogP contribution in [0.1, 0.15) is 43.0 Å². The quantitative estimate of drug-likeness (QED) is 0.401. The molecule has 0 radical (unpaired) electrons. The van der Waals surface area contributed by atoms with Gasteiger partial charge in [-0.05, 0) is 55.0 Å². The lowest BCUT2D eigenvalue weighted by Crippen LogP contribution is -2.48. The van der Waals surface area contributed by atoms with Crippen molar-refractivity contribution in [1.82, 2.24) is 15.5 Å². The third kappa shape index (κ3) is 5.57. The molecule has 0 bridgehead atoms. The number of fused-ring (bicyclic) bond motifs is 1. The maximum absolute atomic E-state index is 12.5. The van der Waals surface area contributed by atoms with E-state index in [-0.39, 0.29) is 29.9 Å². The van der Waals surface area contributed by atoms with E-state index in [1.807, 2.05) is 4.90 Å². The minimum absolute atomic E-state index is 0. The number of hydrogen-bond donors (Lipinski definition) is 2. The van der Waals surface area contributed by atoms with E-state index >= 15 is 0 Å². The second-order valence-electron chi connectivity index (χ2n) is 6.96. The molecule has 2 heterocycles. The highest BCUT2D eigenvalue weighted by atomic mass is 127. The fourth-order valence-corrected chi connectivity index (χ4v) is 4.41. The van der Waals surface area contributed by atoms with Crippen molar-refractivity contribution < 1.29 is 4.79 Å². The van der Waals surface area contributed by atoms with Gasteiger partial charge in [0.05, 0.1) is 6.54 Å². The van der Waals surface area contributed by atoms with Gasteiger partial charge in [0.2, 0.25) is 5.91 Å². The number of guanidine groups is 1. The van der Waals surface area contributed by atoms with Crippen LogP contribution in [0.25, 0.3) is 0 Å². The van der Waals surface area contributed by atoms with E-state index in [1.165, 1.54) is 36.1 Å². The summed E-state index contributed by atoms with van der Waals surface area (Å²) < 4.78 is 0. The van der Waals surface area contributed by atoms with Gasteiger partial charge in [0.15, 0.2) is 5.96 Å².